The average Bonchev–Trinajstić information content (AvgIpc) is 2.41. The van der Waals surface area contributed by atoms with Crippen molar-refractivity contribution in [1.82, 2.24) is 10.2 Å². The van der Waals surface area contributed by atoms with Crippen molar-refractivity contribution in [3.05, 3.63) is 23.8 Å². The number of alkyl halides is 2. The van der Waals surface area contributed by atoms with Crippen molar-refractivity contribution in [3.63, 3.8) is 0 Å². The number of piperazine rings is 1. The van der Waals surface area contributed by atoms with Gasteiger partial charge in [0.05, 0.1) is 6.61 Å². The van der Waals surface area contributed by atoms with Gasteiger partial charge in [0.1, 0.15) is 0 Å². The van der Waals surface area contributed by atoms with Crippen LogP contribution < -0.4 is 14.8 Å². The van der Waals surface area contributed by atoms with Crippen molar-refractivity contribution < 1.29 is 18.3 Å². The molecule has 0 aromatic heterocycles. The van der Waals surface area contributed by atoms with Gasteiger partial charge >= 0.3 is 6.61 Å². The second-order valence-corrected chi connectivity index (χ2v) is 5.18. The summed E-state index contributed by atoms with van der Waals surface area (Å²) in [6.07, 6.45) is 0. The number of nitrogens with zero attached hydrogens (tertiary/aromatic N) is 1. The SMILES string of the molecule is CCOc1cc(CN2CCN[C@H](C)C2)ccc1OC(F)F. The molecule has 1 atom stereocenters. The highest BCUT2D eigenvalue weighted by atomic mass is 19.3. The summed E-state index contributed by atoms with van der Waals surface area (Å²) in [6, 6.07) is 5.62. The summed E-state index contributed by atoms with van der Waals surface area (Å²) in [5, 5.41) is 3.39. The first-order valence-corrected chi connectivity index (χ1v) is 7.24. The lowest BCUT2D eigenvalue weighted by Crippen LogP contribution is -2.48. The lowest BCUT2D eigenvalue weighted by atomic mass is 10.1. The van der Waals surface area contributed by atoms with E-state index in [1.165, 1.54) is 0 Å². The van der Waals surface area contributed by atoms with Crippen molar-refractivity contribution in [2.45, 2.75) is 33.0 Å². The van der Waals surface area contributed by atoms with Crippen LogP contribution in [0.3, 0.4) is 0 Å². The van der Waals surface area contributed by atoms with E-state index in [9.17, 15) is 8.78 Å². The van der Waals surface area contributed by atoms with Gasteiger partial charge < -0.3 is 14.8 Å². The molecule has 0 saturated carbocycles. The van der Waals surface area contributed by atoms with E-state index in [4.69, 9.17) is 4.74 Å². The molecule has 21 heavy (non-hydrogen) atoms. The van der Waals surface area contributed by atoms with Crippen molar-refractivity contribution in [3.8, 4) is 11.5 Å². The third-order valence-electron chi connectivity index (χ3n) is 3.38. The Morgan fingerprint density at radius 3 is 2.86 bits per heavy atom. The number of hydrogen-bond donors (Lipinski definition) is 1. The molecule has 2 rings (SSSR count). The first kappa shape index (κ1) is 16.0. The van der Waals surface area contributed by atoms with Gasteiger partial charge in [0, 0.05) is 32.2 Å². The van der Waals surface area contributed by atoms with Crippen LogP contribution >= 0.6 is 0 Å². The van der Waals surface area contributed by atoms with E-state index in [1.807, 2.05) is 13.0 Å². The predicted molar refractivity (Wildman–Crippen MR) is 77.0 cm³/mol. The molecule has 0 aliphatic carbocycles. The quantitative estimate of drug-likeness (QED) is 0.875. The third kappa shape index (κ3) is 4.82. The van der Waals surface area contributed by atoms with E-state index in [0.717, 1.165) is 31.7 Å². The van der Waals surface area contributed by atoms with E-state index in [0.29, 0.717) is 18.4 Å². The van der Waals surface area contributed by atoms with Crippen LogP contribution in [0.5, 0.6) is 11.5 Å². The van der Waals surface area contributed by atoms with Gasteiger partial charge in [-0.25, -0.2) is 0 Å². The molecule has 1 heterocycles. The minimum absolute atomic E-state index is 0.0873. The summed E-state index contributed by atoms with van der Waals surface area (Å²) >= 11 is 0. The maximum absolute atomic E-state index is 12.4. The fourth-order valence-electron chi connectivity index (χ4n) is 2.53. The fraction of sp³-hybridized carbons (Fsp3) is 0.600. The van der Waals surface area contributed by atoms with Crippen molar-refractivity contribution in [1.29, 1.82) is 0 Å². The van der Waals surface area contributed by atoms with Gasteiger partial charge in [-0.1, -0.05) is 6.07 Å². The molecule has 118 valence electrons. The van der Waals surface area contributed by atoms with Gasteiger partial charge in [-0.05, 0) is 31.5 Å². The molecule has 0 spiro atoms. The summed E-state index contributed by atoms with van der Waals surface area (Å²) < 4.78 is 34.6. The maximum Gasteiger partial charge on any atom is 0.387 e. The van der Waals surface area contributed by atoms with Gasteiger partial charge in [0.2, 0.25) is 0 Å². The molecule has 0 radical (unpaired) electrons. The second-order valence-electron chi connectivity index (χ2n) is 5.18. The predicted octanol–water partition coefficient (Wildman–Crippen LogP) is 2.48. The molecule has 1 aromatic rings. The second kappa shape index (κ2) is 7.56. The monoisotopic (exact) mass is 300 g/mol. The van der Waals surface area contributed by atoms with Crippen molar-refractivity contribution in [2.24, 2.45) is 0 Å². The van der Waals surface area contributed by atoms with Crippen LogP contribution in [0.1, 0.15) is 19.4 Å². The summed E-state index contributed by atoms with van der Waals surface area (Å²) in [5.74, 6) is 0.461. The van der Waals surface area contributed by atoms with E-state index in [2.05, 4.69) is 21.9 Å². The highest BCUT2D eigenvalue weighted by molar-refractivity contribution is 5.43. The molecule has 1 fully saturated rings. The minimum Gasteiger partial charge on any atom is -0.490 e. The molecule has 1 saturated heterocycles. The van der Waals surface area contributed by atoms with E-state index in [-0.39, 0.29) is 5.75 Å². The van der Waals surface area contributed by atoms with Crippen LogP contribution in [0, 0.1) is 0 Å². The molecular weight excluding hydrogens is 278 g/mol. The molecule has 0 unspecified atom stereocenters. The summed E-state index contributed by atoms with van der Waals surface area (Å²) in [6.45, 7) is 5.22. The Labute approximate surface area is 124 Å². The van der Waals surface area contributed by atoms with E-state index < -0.39 is 6.61 Å². The van der Waals surface area contributed by atoms with Gasteiger partial charge in [0.15, 0.2) is 11.5 Å². The van der Waals surface area contributed by atoms with Crippen LogP contribution in [-0.4, -0.2) is 43.8 Å². The fourth-order valence-corrected chi connectivity index (χ4v) is 2.53. The molecule has 0 amide bonds. The molecule has 1 N–H and O–H groups in total. The normalized spacial score (nSPS) is 19.8. The van der Waals surface area contributed by atoms with Gasteiger partial charge in [-0.3, -0.25) is 4.90 Å². The molecular formula is C15H22F2N2O2. The molecule has 1 aliphatic rings. The zero-order chi connectivity index (χ0) is 15.2. The number of benzene rings is 1. The lowest BCUT2D eigenvalue weighted by molar-refractivity contribution is -0.0514. The lowest BCUT2D eigenvalue weighted by Gasteiger charge is -2.31. The molecule has 6 heteroatoms. The summed E-state index contributed by atoms with van der Waals surface area (Å²) in [5.41, 5.74) is 1.04. The van der Waals surface area contributed by atoms with Gasteiger partial charge in [-0.15, -0.1) is 0 Å². The molecule has 0 bridgehead atoms. The van der Waals surface area contributed by atoms with Gasteiger partial charge in [-0.2, -0.15) is 8.78 Å². The maximum atomic E-state index is 12.4. The van der Waals surface area contributed by atoms with Crippen LogP contribution in [0.15, 0.2) is 18.2 Å². The highest BCUT2D eigenvalue weighted by Crippen LogP contribution is 2.30. The molecule has 1 aliphatic heterocycles. The van der Waals surface area contributed by atoms with Gasteiger partial charge in [0.25, 0.3) is 0 Å². The number of hydrogen-bond acceptors (Lipinski definition) is 4. The Hall–Kier alpha value is -1.40. The third-order valence-corrected chi connectivity index (χ3v) is 3.38. The first-order valence-electron chi connectivity index (χ1n) is 7.24. The Morgan fingerprint density at radius 1 is 1.38 bits per heavy atom. The minimum atomic E-state index is -2.84. The number of rotatable bonds is 6. The summed E-state index contributed by atoms with van der Waals surface area (Å²) in [7, 11) is 0. The standard InChI is InChI=1S/C15H22F2N2O2/c1-3-20-14-8-12(4-5-13(14)21-15(16)17)10-19-7-6-18-11(2)9-19/h4-5,8,11,15,18H,3,6-7,9-10H2,1-2H3/t11-/m1/s1. The van der Waals surface area contributed by atoms with E-state index in [1.54, 1.807) is 12.1 Å². The van der Waals surface area contributed by atoms with Crippen molar-refractivity contribution >= 4 is 0 Å². The smallest absolute Gasteiger partial charge is 0.387 e. The number of nitrogens with one attached hydrogen (secondary N) is 1. The van der Waals surface area contributed by atoms with Crippen LogP contribution in [0.4, 0.5) is 8.78 Å². The Bertz CT molecular complexity index is 457. The number of ether oxygens (including phenoxy) is 2. The van der Waals surface area contributed by atoms with E-state index >= 15 is 0 Å². The zero-order valence-electron chi connectivity index (χ0n) is 12.4. The Balaban J connectivity index is 2.07. The van der Waals surface area contributed by atoms with Crippen LogP contribution in [0.25, 0.3) is 0 Å². The Kier molecular flexibility index (Phi) is 5.76. The molecule has 1 aromatic carbocycles. The highest BCUT2D eigenvalue weighted by Gasteiger charge is 2.17. The topological polar surface area (TPSA) is 33.7 Å². The average molecular weight is 300 g/mol. The zero-order valence-corrected chi connectivity index (χ0v) is 12.4. The van der Waals surface area contributed by atoms with Crippen LogP contribution in [-0.2, 0) is 6.54 Å². The largest absolute Gasteiger partial charge is 0.490 e. The number of halogens is 2. The molecule has 4 nitrogen and oxygen atoms in total. The van der Waals surface area contributed by atoms with Crippen LogP contribution in [0.2, 0.25) is 0 Å². The first-order chi connectivity index (χ1) is 10.1. The van der Waals surface area contributed by atoms with Crippen molar-refractivity contribution in [2.75, 3.05) is 26.2 Å². The Morgan fingerprint density at radius 2 is 2.19 bits per heavy atom. The summed E-state index contributed by atoms with van der Waals surface area (Å²) in [4.78, 5) is 2.33.